The SMILES string of the molecule is CC(C)=CCC1=Nc2ccccc2N(C)C1. The lowest BCUT2D eigenvalue weighted by molar-refractivity contribution is 1.02. The van der Waals surface area contributed by atoms with E-state index < -0.39 is 0 Å². The molecule has 0 fully saturated rings. The van der Waals surface area contributed by atoms with Crippen LogP contribution in [0.5, 0.6) is 0 Å². The number of fused-ring (bicyclic) bond motifs is 1. The summed E-state index contributed by atoms with van der Waals surface area (Å²) in [4.78, 5) is 6.96. The molecule has 0 radical (unpaired) electrons. The van der Waals surface area contributed by atoms with Gasteiger partial charge in [-0.2, -0.15) is 0 Å². The van der Waals surface area contributed by atoms with E-state index in [2.05, 4.69) is 50.1 Å². The number of allylic oxidation sites excluding steroid dienone is 2. The zero-order valence-electron chi connectivity index (χ0n) is 10.2. The molecule has 0 atom stereocenters. The van der Waals surface area contributed by atoms with Crippen molar-refractivity contribution in [1.29, 1.82) is 0 Å². The average molecular weight is 214 g/mol. The second-order valence-corrected chi connectivity index (χ2v) is 4.51. The second kappa shape index (κ2) is 4.52. The zero-order chi connectivity index (χ0) is 11.5. The Morgan fingerprint density at radius 2 is 2.12 bits per heavy atom. The Labute approximate surface area is 97.3 Å². The van der Waals surface area contributed by atoms with Gasteiger partial charge in [0.25, 0.3) is 0 Å². The Balaban J connectivity index is 2.26. The molecule has 1 aromatic carbocycles. The van der Waals surface area contributed by atoms with E-state index in [0.717, 1.165) is 18.7 Å². The van der Waals surface area contributed by atoms with Gasteiger partial charge in [0, 0.05) is 19.2 Å². The van der Waals surface area contributed by atoms with Gasteiger partial charge in [0.1, 0.15) is 0 Å². The summed E-state index contributed by atoms with van der Waals surface area (Å²) in [5.41, 5.74) is 4.91. The highest BCUT2D eigenvalue weighted by Gasteiger charge is 2.14. The molecule has 84 valence electrons. The Morgan fingerprint density at radius 1 is 1.38 bits per heavy atom. The lowest BCUT2D eigenvalue weighted by Gasteiger charge is -2.26. The summed E-state index contributed by atoms with van der Waals surface area (Å²) in [6.45, 7) is 5.18. The predicted molar refractivity (Wildman–Crippen MR) is 70.9 cm³/mol. The molecule has 0 spiro atoms. The quantitative estimate of drug-likeness (QED) is 0.687. The smallest absolute Gasteiger partial charge is 0.0863 e. The van der Waals surface area contributed by atoms with Crippen LogP contribution in [0, 0.1) is 0 Å². The highest BCUT2D eigenvalue weighted by molar-refractivity contribution is 5.96. The van der Waals surface area contributed by atoms with Gasteiger partial charge in [0.05, 0.1) is 17.9 Å². The van der Waals surface area contributed by atoms with Crippen LogP contribution in [-0.2, 0) is 0 Å². The first kappa shape index (κ1) is 10.9. The van der Waals surface area contributed by atoms with Crippen LogP contribution < -0.4 is 4.90 Å². The van der Waals surface area contributed by atoms with Crippen LogP contribution in [0.3, 0.4) is 0 Å². The molecule has 1 aliphatic heterocycles. The summed E-state index contributed by atoms with van der Waals surface area (Å²) in [6.07, 6.45) is 3.20. The van der Waals surface area contributed by atoms with Crippen molar-refractivity contribution in [3.63, 3.8) is 0 Å². The first-order chi connectivity index (χ1) is 7.66. The van der Waals surface area contributed by atoms with Crippen LogP contribution in [0.4, 0.5) is 11.4 Å². The molecule has 0 saturated carbocycles. The summed E-state index contributed by atoms with van der Waals surface area (Å²) in [7, 11) is 2.12. The monoisotopic (exact) mass is 214 g/mol. The third kappa shape index (κ3) is 2.32. The van der Waals surface area contributed by atoms with Gasteiger partial charge in [-0.05, 0) is 26.0 Å². The van der Waals surface area contributed by atoms with E-state index in [1.54, 1.807) is 0 Å². The van der Waals surface area contributed by atoms with Gasteiger partial charge in [0.2, 0.25) is 0 Å². The number of rotatable bonds is 2. The Morgan fingerprint density at radius 3 is 2.88 bits per heavy atom. The topological polar surface area (TPSA) is 15.6 Å². The number of anilines is 1. The molecule has 1 heterocycles. The molecule has 0 unspecified atom stereocenters. The zero-order valence-corrected chi connectivity index (χ0v) is 10.2. The largest absolute Gasteiger partial charge is 0.367 e. The number of hydrogen-bond donors (Lipinski definition) is 0. The van der Waals surface area contributed by atoms with E-state index >= 15 is 0 Å². The summed E-state index contributed by atoms with van der Waals surface area (Å²) in [5, 5.41) is 0. The molecule has 2 heteroatoms. The molecular weight excluding hydrogens is 196 g/mol. The highest BCUT2D eigenvalue weighted by Crippen LogP contribution is 2.31. The van der Waals surface area contributed by atoms with Gasteiger partial charge in [-0.15, -0.1) is 0 Å². The summed E-state index contributed by atoms with van der Waals surface area (Å²) < 4.78 is 0. The normalized spacial score (nSPS) is 14.2. The van der Waals surface area contributed by atoms with Gasteiger partial charge < -0.3 is 4.90 Å². The third-order valence-corrected chi connectivity index (χ3v) is 2.74. The molecule has 0 N–H and O–H groups in total. The lowest BCUT2D eigenvalue weighted by Crippen LogP contribution is -2.28. The summed E-state index contributed by atoms with van der Waals surface area (Å²) in [6, 6.07) is 8.30. The van der Waals surface area contributed by atoms with E-state index in [4.69, 9.17) is 4.99 Å². The van der Waals surface area contributed by atoms with Crippen molar-refractivity contribution < 1.29 is 0 Å². The van der Waals surface area contributed by atoms with Crippen LogP contribution in [-0.4, -0.2) is 19.3 Å². The van der Waals surface area contributed by atoms with E-state index in [1.165, 1.54) is 17.0 Å². The van der Waals surface area contributed by atoms with Crippen LogP contribution in [0.15, 0.2) is 40.9 Å². The van der Waals surface area contributed by atoms with Crippen LogP contribution in [0.1, 0.15) is 20.3 Å². The molecule has 16 heavy (non-hydrogen) atoms. The minimum absolute atomic E-state index is 0.931. The van der Waals surface area contributed by atoms with Crippen LogP contribution in [0.25, 0.3) is 0 Å². The molecule has 0 aliphatic carbocycles. The number of hydrogen-bond acceptors (Lipinski definition) is 2. The Hall–Kier alpha value is -1.57. The van der Waals surface area contributed by atoms with Gasteiger partial charge in [-0.1, -0.05) is 23.8 Å². The maximum Gasteiger partial charge on any atom is 0.0863 e. The molecular formula is C14H18N2. The maximum absolute atomic E-state index is 4.70. The van der Waals surface area contributed by atoms with Crippen molar-refractivity contribution in [1.82, 2.24) is 0 Å². The van der Waals surface area contributed by atoms with Crippen LogP contribution >= 0.6 is 0 Å². The van der Waals surface area contributed by atoms with Crippen molar-refractivity contribution in [2.75, 3.05) is 18.5 Å². The minimum atomic E-state index is 0.931. The Kier molecular flexibility index (Phi) is 3.09. The first-order valence-corrected chi connectivity index (χ1v) is 5.67. The minimum Gasteiger partial charge on any atom is -0.367 e. The highest BCUT2D eigenvalue weighted by atomic mass is 15.1. The van der Waals surface area contributed by atoms with Gasteiger partial charge in [-0.3, -0.25) is 4.99 Å². The summed E-state index contributed by atoms with van der Waals surface area (Å²) in [5.74, 6) is 0. The second-order valence-electron chi connectivity index (χ2n) is 4.51. The Bertz CT molecular complexity index is 440. The van der Waals surface area contributed by atoms with Crippen molar-refractivity contribution in [2.24, 2.45) is 4.99 Å². The maximum atomic E-state index is 4.70. The molecule has 0 amide bonds. The fourth-order valence-corrected chi connectivity index (χ4v) is 1.88. The van der Waals surface area contributed by atoms with Crippen molar-refractivity contribution >= 4 is 17.1 Å². The third-order valence-electron chi connectivity index (χ3n) is 2.74. The van der Waals surface area contributed by atoms with Crippen molar-refractivity contribution in [3.05, 3.63) is 35.9 Å². The number of nitrogens with zero attached hydrogens (tertiary/aromatic N) is 2. The number of benzene rings is 1. The summed E-state index contributed by atoms with van der Waals surface area (Å²) >= 11 is 0. The molecule has 0 bridgehead atoms. The van der Waals surface area contributed by atoms with E-state index in [-0.39, 0.29) is 0 Å². The standard InChI is InChI=1S/C14H18N2/c1-11(2)8-9-12-10-16(3)14-7-5-4-6-13(14)15-12/h4-8H,9-10H2,1-3H3. The predicted octanol–water partition coefficient (Wildman–Crippen LogP) is 3.57. The molecule has 1 aromatic rings. The number of para-hydroxylation sites is 2. The molecule has 1 aliphatic rings. The fraction of sp³-hybridized carbons (Fsp3) is 0.357. The molecule has 2 nitrogen and oxygen atoms in total. The first-order valence-electron chi connectivity index (χ1n) is 5.67. The fourth-order valence-electron chi connectivity index (χ4n) is 1.88. The van der Waals surface area contributed by atoms with Crippen molar-refractivity contribution in [2.45, 2.75) is 20.3 Å². The van der Waals surface area contributed by atoms with Gasteiger partial charge >= 0.3 is 0 Å². The van der Waals surface area contributed by atoms with Crippen LogP contribution in [0.2, 0.25) is 0 Å². The number of aliphatic imine (C=N–C) groups is 1. The van der Waals surface area contributed by atoms with Crippen molar-refractivity contribution in [3.8, 4) is 0 Å². The average Bonchev–Trinajstić information content (AvgIpc) is 2.26. The van der Waals surface area contributed by atoms with Gasteiger partial charge in [-0.25, -0.2) is 0 Å². The molecule has 0 aromatic heterocycles. The van der Waals surface area contributed by atoms with Gasteiger partial charge in [0.15, 0.2) is 0 Å². The lowest BCUT2D eigenvalue weighted by atomic mass is 10.1. The molecule has 2 rings (SSSR count). The van der Waals surface area contributed by atoms with E-state index in [0.29, 0.717) is 0 Å². The van der Waals surface area contributed by atoms with E-state index in [1.807, 2.05) is 6.07 Å². The molecule has 0 saturated heterocycles. The van der Waals surface area contributed by atoms with E-state index in [9.17, 15) is 0 Å².